The molecule has 0 aromatic heterocycles. The minimum Gasteiger partial charge on any atom is -0.494 e. The second-order valence-corrected chi connectivity index (χ2v) is 5.25. The Kier molecular flexibility index (Phi) is 7.64. The third-order valence-electron chi connectivity index (χ3n) is 3.83. The van der Waals surface area contributed by atoms with Crippen LogP contribution >= 0.6 is 0 Å². The summed E-state index contributed by atoms with van der Waals surface area (Å²) in [7, 11) is 3.14. The number of methoxy groups -OCH3 is 2. The Balaban J connectivity index is 2.75. The minimum atomic E-state index is -0.377. The van der Waals surface area contributed by atoms with E-state index in [1.807, 2.05) is 6.07 Å². The lowest BCUT2D eigenvalue weighted by molar-refractivity contribution is 0.118. The van der Waals surface area contributed by atoms with Gasteiger partial charge in [0.05, 0.1) is 13.7 Å². The molecule has 2 N–H and O–H groups in total. The maximum Gasteiger partial charge on any atom is 0.165 e. The first-order valence-corrected chi connectivity index (χ1v) is 7.35. The standard InChI is InChI=1S/C16H27FN2O2/c1-5-12(2)19(8-9-20-3)11-15(18)13-6-7-16(21-4)14(17)10-13/h6-7,10,12,15H,5,8-9,11,18H2,1-4H3. The molecule has 0 saturated carbocycles. The van der Waals surface area contributed by atoms with Crippen molar-refractivity contribution in [2.75, 3.05) is 33.9 Å². The summed E-state index contributed by atoms with van der Waals surface area (Å²) < 4.78 is 23.8. The third kappa shape index (κ3) is 5.26. The molecular weight excluding hydrogens is 271 g/mol. The number of benzene rings is 1. The molecule has 1 aromatic carbocycles. The molecule has 0 aliphatic rings. The van der Waals surface area contributed by atoms with E-state index in [2.05, 4.69) is 18.7 Å². The van der Waals surface area contributed by atoms with Gasteiger partial charge in [0.1, 0.15) is 0 Å². The summed E-state index contributed by atoms with van der Waals surface area (Å²) >= 11 is 0. The van der Waals surface area contributed by atoms with Gasteiger partial charge >= 0.3 is 0 Å². The Bertz CT molecular complexity index is 429. The highest BCUT2D eigenvalue weighted by atomic mass is 19.1. The fraction of sp³-hybridized carbons (Fsp3) is 0.625. The quantitative estimate of drug-likeness (QED) is 0.761. The fourth-order valence-electron chi connectivity index (χ4n) is 2.23. The Morgan fingerprint density at radius 1 is 1.33 bits per heavy atom. The Labute approximate surface area is 127 Å². The van der Waals surface area contributed by atoms with Crippen LogP contribution in [0.4, 0.5) is 4.39 Å². The molecular formula is C16H27FN2O2. The van der Waals surface area contributed by atoms with E-state index in [1.54, 1.807) is 13.2 Å². The van der Waals surface area contributed by atoms with E-state index in [1.165, 1.54) is 13.2 Å². The van der Waals surface area contributed by atoms with Crippen molar-refractivity contribution in [3.63, 3.8) is 0 Å². The first-order valence-electron chi connectivity index (χ1n) is 7.35. The summed E-state index contributed by atoms with van der Waals surface area (Å²) in [5, 5.41) is 0. The van der Waals surface area contributed by atoms with Crippen LogP contribution in [0.1, 0.15) is 31.9 Å². The van der Waals surface area contributed by atoms with Gasteiger partial charge in [-0.1, -0.05) is 13.0 Å². The molecule has 0 amide bonds. The van der Waals surface area contributed by atoms with Crippen LogP contribution < -0.4 is 10.5 Å². The molecule has 0 spiro atoms. The third-order valence-corrected chi connectivity index (χ3v) is 3.83. The lowest BCUT2D eigenvalue weighted by atomic mass is 10.1. The number of ether oxygens (including phenoxy) is 2. The predicted molar refractivity (Wildman–Crippen MR) is 83.1 cm³/mol. The molecule has 21 heavy (non-hydrogen) atoms. The van der Waals surface area contributed by atoms with E-state index in [9.17, 15) is 4.39 Å². The molecule has 0 aliphatic heterocycles. The van der Waals surface area contributed by atoms with Crippen LogP contribution in [0, 0.1) is 5.82 Å². The Morgan fingerprint density at radius 3 is 2.57 bits per heavy atom. The van der Waals surface area contributed by atoms with Crippen LogP contribution in [-0.4, -0.2) is 44.9 Å². The number of hydrogen-bond donors (Lipinski definition) is 1. The summed E-state index contributed by atoms with van der Waals surface area (Å²) in [5.41, 5.74) is 7.01. The molecule has 0 radical (unpaired) electrons. The molecule has 5 heteroatoms. The van der Waals surface area contributed by atoms with Crippen LogP contribution in [0.3, 0.4) is 0 Å². The first kappa shape index (κ1) is 17.9. The Hall–Kier alpha value is -1.17. The van der Waals surface area contributed by atoms with Crippen molar-refractivity contribution in [2.24, 2.45) is 5.73 Å². The van der Waals surface area contributed by atoms with Crippen molar-refractivity contribution >= 4 is 0 Å². The average Bonchev–Trinajstić information content (AvgIpc) is 2.50. The summed E-state index contributed by atoms with van der Waals surface area (Å²) in [6, 6.07) is 5.06. The number of rotatable bonds is 9. The minimum absolute atomic E-state index is 0.240. The topological polar surface area (TPSA) is 47.7 Å². The molecule has 1 aromatic rings. The van der Waals surface area contributed by atoms with Crippen LogP contribution in [0.5, 0.6) is 5.75 Å². The van der Waals surface area contributed by atoms with Crippen LogP contribution in [0.15, 0.2) is 18.2 Å². The van der Waals surface area contributed by atoms with Gasteiger partial charge in [-0.05, 0) is 31.0 Å². The molecule has 0 fully saturated rings. The number of hydrogen-bond acceptors (Lipinski definition) is 4. The second kappa shape index (κ2) is 8.97. The molecule has 120 valence electrons. The number of nitrogens with zero attached hydrogens (tertiary/aromatic N) is 1. The van der Waals surface area contributed by atoms with Crippen molar-refractivity contribution in [1.82, 2.24) is 4.90 Å². The van der Waals surface area contributed by atoms with Gasteiger partial charge in [-0.15, -0.1) is 0 Å². The van der Waals surface area contributed by atoms with Crippen molar-refractivity contribution in [1.29, 1.82) is 0 Å². The second-order valence-electron chi connectivity index (χ2n) is 5.25. The van der Waals surface area contributed by atoms with Gasteiger partial charge in [-0.2, -0.15) is 0 Å². The summed E-state index contributed by atoms with van der Waals surface area (Å²) in [6.45, 7) is 6.45. The molecule has 1 rings (SSSR count). The van der Waals surface area contributed by atoms with E-state index in [0.717, 1.165) is 18.5 Å². The van der Waals surface area contributed by atoms with Crippen molar-refractivity contribution in [2.45, 2.75) is 32.4 Å². The average molecular weight is 298 g/mol. The zero-order chi connectivity index (χ0) is 15.8. The van der Waals surface area contributed by atoms with Gasteiger partial charge in [0.2, 0.25) is 0 Å². The highest BCUT2D eigenvalue weighted by Gasteiger charge is 2.17. The van der Waals surface area contributed by atoms with E-state index >= 15 is 0 Å². The monoisotopic (exact) mass is 298 g/mol. The smallest absolute Gasteiger partial charge is 0.165 e. The van der Waals surface area contributed by atoms with Crippen molar-refractivity contribution in [3.8, 4) is 5.75 Å². The maximum absolute atomic E-state index is 13.8. The van der Waals surface area contributed by atoms with Crippen LogP contribution in [0.2, 0.25) is 0 Å². The zero-order valence-corrected chi connectivity index (χ0v) is 13.4. The molecule has 2 atom stereocenters. The lowest BCUT2D eigenvalue weighted by Gasteiger charge is -2.30. The molecule has 0 saturated heterocycles. The van der Waals surface area contributed by atoms with E-state index in [4.69, 9.17) is 15.2 Å². The summed E-state index contributed by atoms with van der Waals surface area (Å²) in [6.07, 6.45) is 1.04. The van der Waals surface area contributed by atoms with Crippen molar-refractivity contribution < 1.29 is 13.9 Å². The Morgan fingerprint density at radius 2 is 2.05 bits per heavy atom. The molecule has 0 aliphatic carbocycles. The van der Waals surface area contributed by atoms with Crippen LogP contribution in [-0.2, 0) is 4.74 Å². The SMILES string of the molecule is CCC(C)N(CCOC)CC(N)c1ccc(OC)c(F)c1. The summed E-state index contributed by atoms with van der Waals surface area (Å²) in [5.74, 6) is -0.137. The van der Waals surface area contributed by atoms with Gasteiger partial charge < -0.3 is 15.2 Å². The normalized spacial score (nSPS) is 14.2. The molecule has 2 unspecified atom stereocenters. The molecule has 0 bridgehead atoms. The van der Waals surface area contributed by atoms with E-state index in [0.29, 0.717) is 19.2 Å². The van der Waals surface area contributed by atoms with Gasteiger partial charge in [0, 0.05) is 32.3 Å². The van der Waals surface area contributed by atoms with E-state index in [-0.39, 0.29) is 17.6 Å². The fourth-order valence-corrected chi connectivity index (χ4v) is 2.23. The van der Waals surface area contributed by atoms with Gasteiger partial charge in [-0.3, -0.25) is 4.90 Å². The van der Waals surface area contributed by atoms with Gasteiger partial charge in [0.15, 0.2) is 11.6 Å². The van der Waals surface area contributed by atoms with Crippen LogP contribution in [0.25, 0.3) is 0 Å². The first-order chi connectivity index (χ1) is 10.0. The van der Waals surface area contributed by atoms with Gasteiger partial charge in [-0.25, -0.2) is 4.39 Å². The number of halogens is 1. The summed E-state index contributed by atoms with van der Waals surface area (Å²) in [4.78, 5) is 2.27. The zero-order valence-electron chi connectivity index (χ0n) is 13.4. The highest BCUT2D eigenvalue weighted by molar-refractivity contribution is 5.31. The largest absolute Gasteiger partial charge is 0.494 e. The highest BCUT2D eigenvalue weighted by Crippen LogP contribution is 2.22. The van der Waals surface area contributed by atoms with E-state index < -0.39 is 0 Å². The molecule has 0 heterocycles. The predicted octanol–water partition coefficient (Wildman–Crippen LogP) is 2.58. The lowest BCUT2D eigenvalue weighted by Crippen LogP contribution is -2.40. The number of nitrogens with two attached hydrogens (primary N) is 1. The van der Waals surface area contributed by atoms with Crippen molar-refractivity contribution in [3.05, 3.63) is 29.6 Å². The maximum atomic E-state index is 13.8. The molecule has 4 nitrogen and oxygen atoms in total. The van der Waals surface area contributed by atoms with Gasteiger partial charge in [0.25, 0.3) is 0 Å².